The van der Waals surface area contributed by atoms with E-state index in [1.165, 1.54) is 5.56 Å². The quantitative estimate of drug-likeness (QED) is 0.538. The van der Waals surface area contributed by atoms with Crippen molar-refractivity contribution in [3.63, 3.8) is 0 Å². The first-order valence-electron chi connectivity index (χ1n) is 12.0. The van der Waals surface area contributed by atoms with Gasteiger partial charge < -0.3 is 15.1 Å². The average Bonchev–Trinajstić information content (AvgIpc) is 2.87. The van der Waals surface area contributed by atoms with Crippen LogP contribution in [0.5, 0.6) is 0 Å². The van der Waals surface area contributed by atoms with Gasteiger partial charge >= 0.3 is 0 Å². The van der Waals surface area contributed by atoms with Gasteiger partial charge in [0.15, 0.2) is 0 Å². The van der Waals surface area contributed by atoms with Crippen molar-refractivity contribution in [2.24, 2.45) is 5.92 Å². The van der Waals surface area contributed by atoms with E-state index in [2.05, 4.69) is 21.2 Å². The van der Waals surface area contributed by atoms with Crippen LogP contribution in [-0.4, -0.2) is 60.7 Å². The highest BCUT2D eigenvalue weighted by Gasteiger charge is 2.35. The molecule has 2 aliphatic rings. The molecular weight excluding hydrogens is 506 g/mol. The Labute approximate surface area is 213 Å². The van der Waals surface area contributed by atoms with Crippen molar-refractivity contribution in [3.8, 4) is 0 Å². The molecule has 6 nitrogen and oxygen atoms in total. The number of carbonyl (C=O) groups excluding carboxylic acids is 3. The number of benzene rings is 3. The van der Waals surface area contributed by atoms with Crippen LogP contribution < -0.4 is 5.32 Å². The van der Waals surface area contributed by atoms with E-state index < -0.39 is 0 Å². The number of amides is 3. The molecule has 0 aliphatic carbocycles. The van der Waals surface area contributed by atoms with E-state index in [4.69, 9.17) is 0 Å². The monoisotopic (exact) mass is 533 g/mol. The van der Waals surface area contributed by atoms with Gasteiger partial charge in [0.1, 0.15) is 0 Å². The average molecular weight is 534 g/mol. The Kier molecular flexibility index (Phi) is 6.60. The summed E-state index contributed by atoms with van der Waals surface area (Å²) in [6.45, 7) is 2.37. The second-order valence-electron chi connectivity index (χ2n) is 9.35. The Morgan fingerprint density at radius 1 is 0.829 bits per heavy atom. The van der Waals surface area contributed by atoms with Crippen LogP contribution in [0.25, 0.3) is 10.8 Å². The molecule has 180 valence electrons. The number of halogens is 1. The number of hydrogen-bond donors (Lipinski definition) is 1. The second-order valence-corrected chi connectivity index (χ2v) is 10.2. The third-order valence-corrected chi connectivity index (χ3v) is 7.99. The van der Waals surface area contributed by atoms with E-state index >= 15 is 0 Å². The number of nitrogens with one attached hydrogen (secondary N) is 1. The molecule has 7 heteroatoms. The molecule has 3 amide bonds. The molecule has 2 aliphatic heterocycles. The summed E-state index contributed by atoms with van der Waals surface area (Å²) in [5.41, 5.74) is 2.60. The van der Waals surface area contributed by atoms with Gasteiger partial charge in [-0.1, -0.05) is 52.3 Å². The Hall–Kier alpha value is -3.19. The largest absolute Gasteiger partial charge is 0.359 e. The van der Waals surface area contributed by atoms with Crippen LogP contribution in [0.15, 0.2) is 65.1 Å². The lowest BCUT2D eigenvalue weighted by molar-refractivity contribution is -0.128. The first kappa shape index (κ1) is 23.5. The number of nitrogens with zero attached hydrogens (tertiary/aromatic N) is 2. The van der Waals surface area contributed by atoms with Crippen molar-refractivity contribution in [1.29, 1.82) is 0 Å². The Bertz CT molecular complexity index is 1280. The van der Waals surface area contributed by atoms with Gasteiger partial charge in [0.05, 0.1) is 5.92 Å². The summed E-state index contributed by atoms with van der Waals surface area (Å²) in [6, 6.07) is 19.7. The molecule has 3 aromatic carbocycles. The molecule has 3 aromatic rings. The Morgan fingerprint density at radius 3 is 2.17 bits per heavy atom. The Balaban J connectivity index is 1.20. The topological polar surface area (TPSA) is 69.7 Å². The van der Waals surface area contributed by atoms with Crippen LogP contribution in [0.3, 0.4) is 0 Å². The third-order valence-electron chi connectivity index (χ3n) is 7.30. The van der Waals surface area contributed by atoms with Crippen molar-refractivity contribution in [3.05, 3.63) is 81.8 Å². The summed E-state index contributed by atoms with van der Waals surface area (Å²) < 4.78 is 0.991. The van der Waals surface area contributed by atoms with Gasteiger partial charge in [-0.2, -0.15) is 0 Å². The minimum Gasteiger partial charge on any atom is -0.359 e. The van der Waals surface area contributed by atoms with Crippen molar-refractivity contribution in [1.82, 2.24) is 15.1 Å². The van der Waals surface area contributed by atoms with Crippen LogP contribution >= 0.6 is 15.9 Å². The molecule has 2 fully saturated rings. The maximum atomic E-state index is 13.3. The molecule has 0 atom stereocenters. The number of rotatable bonds is 4. The fraction of sp³-hybridized carbons (Fsp3) is 0.321. The van der Waals surface area contributed by atoms with Crippen molar-refractivity contribution in [2.75, 3.05) is 33.2 Å². The number of hydrogen-bond acceptors (Lipinski definition) is 3. The summed E-state index contributed by atoms with van der Waals surface area (Å²) in [6.07, 6.45) is 1.79. The summed E-state index contributed by atoms with van der Waals surface area (Å²) in [5, 5.41) is 4.65. The third kappa shape index (κ3) is 4.57. The minimum absolute atomic E-state index is 0.0115. The zero-order valence-corrected chi connectivity index (χ0v) is 21.3. The van der Waals surface area contributed by atoms with Crippen LogP contribution in [0.1, 0.15) is 45.0 Å². The molecule has 1 N–H and O–H groups in total. The molecule has 0 saturated carbocycles. The summed E-state index contributed by atoms with van der Waals surface area (Å²) in [5.74, 6) is 0.303. The normalized spacial score (nSPS) is 16.7. The molecule has 5 rings (SSSR count). The van der Waals surface area contributed by atoms with Gasteiger partial charge in [0.2, 0.25) is 5.91 Å². The standard InChI is InChI=1S/C28H28BrN3O3/c1-30-26(33)21-16-32(17-21)27(34)20-10-8-18(9-11-20)19-12-14-31(15-13-19)28(35)24-6-2-5-23-22(24)4-3-7-25(23)29/h2-11,19,21H,12-17H2,1H3,(H,30,33). The fourth-order valence-electron chi connectivity index (χ4n) is 5.14. The van der Waals surface area contributed by atoms with E-state index in [1.54, 1.807) is 11.9 Å². The van der Waals surface area contributed by atoms with Gasteiger partial charge in [0, 0.05) is 48.8 Å². The van der Waals surface area contributed by atoms with E-state index in [0.29, 0.717) is 37.7 Å². The second kappa shape index (κ2) is 9.82. The zero-order chi connectivity index (χ0) is 24.5. The van der Waals surface area contributed by atoms with E-state index in [-0.39, 0.29) is 23.6 Å². The van der Waals surface area contributed by atoms with Gasteiger partial charge in [-0.3, -0.25) is 14.4 Å². The Morgan fingerprint density at radius 2 is 1.49 bits per heavy atom. The number of piperidine rings is 1. The van der Waals surface area contributed by atoms with Crippen LogP contribution in [0, 0.1) is 5.92 Å². The van der Waals surface area contributed by atoms with Crippen LogP contribution in [-0.2, 0) is 4.79 Å². The molecular formula is C28H28BrN3O3. The van der Waals surface area contributed by atoms with Crippen molar-refractivity contribution >= 4 is 44.4 Å². The number of fused-ring (bicyclic) bond motifs is 1. The first-order valence-corrected chi connectivity index (χ1v) is 12.8. The fourth-order valence-corrected chi connectivity index (χ4v) is 5.64. The molecule has 0 aromatic heterocycles. The van der Waals surface area contributed by atoms with Gasteiger partial charge in [-0.25, -0.2) is 0 Å². The van der Waals surface area contributed by atoms with E-state index in [9.17, 15) is 14.4 Å². The predicted octanol–water partition coefficient (Wildman–Crippen LogP) is 4.44. The van der Waals surface area contributed by atoms with Crippen molar-refractivity contribution < 1.29 is 14.4 Å². The van der Waals surface area contributed by atoms with Gasteiger partial charge in [-0.05, 0) is 59.4 Å². The summed E-state index contributed by atoms with van der Waals surface area (Å²) in [7, 11) is 1.62. The molecule has 2 heterocycles. The van der Waals surface area contributed by atoms with Gasteiger partial charge in [-0.15, -0.1) is 0 Å². The maximum Gasteiger partial charge on any atom is 0.254 e. The molecule has 0 spiro atoms. The van der Waals surface area contributed by atoms with E-state index in [1.807, 2.05) is 65.6 Å². The minimum atomic E-state index is -0.105. The van der Waals surface area contributed by atoms with Crippen LogP contribution in [0.2, 0.25) is 0 Å². The van der Waals surface area contributed by atoms with E-state index in [0.717, 1.165) is 33.7 Å². The smallest absolute Gasteiger partial charge is 0.254 e. The molecule has 2 saturated heterocycles. The lowest BCUT2D eigenvalue weighted by Gasteiger charge is -2.38. The van der Waals surface area contributed by atoms with Crippen molar-refractivity contribution in [2.45, 2.75) is 18.8 Å². The SMILES string of the molecule is CNC(=O)C1CN(C(=O)c2ccc(C3CCN(C(=O)c4cccc5c(Br)cccc45)CC3)cc2)C1. The highest BCUT2D eigenvalue weighted by atomic mass is 79.9. The molecule has 0 unspecified atom stereocenters. The molecule has 35 heavy (non-hydrogen) atoms. The van der Waals surface area contributed by atoms with Gasteiger partial charge in [0.25, 0.3) is 11.8 Å². The zero-order valence-electron chi connectivity index (χ0n) is 19.7. The van der Waals surface area contributed by atoms with Crippen LogP contribution in [0.4, 0.5) is 0 Å². The lowest BCUT2D eigenvalue weighted by atomic mass is 9.88. The molecule has 0 bridgehead atoms. The summed E-state index contributed by atoms with van der Waals surface area (Å²) in [4.78, 5) is 41.3. The predicted molar refractivity (Wildman–Crippen MR) is 139 cm³/mol. The highest BCUT2D eigenvalue weighted by molar-refractivity contribution is 9.10. The highest BCUT2D eigenvalue weighted by Crippen LogP contribution is 2.31. The summed E-state index contributed by atoms with van der Waals surface area (Å²) >= 11 is 3.59. The first-order chi connectivity index (χ1) is 17.0. The molecule has 0 radical (unpaired) electrons. The number of carbonyl (C=O) groups is 3. The lowest BCUT2D eigenvalue weighted by Crippen LogP contribution is -2.55. The maximum absolute atomic E-state index is 13.3. The number of likely N-dealkylation sites (tertiary alicyclic amines) is 2.